The van der Waals surface area contributed by atoms with Crippen LogP contribution >= 0.6 is 7.82 Å². The summed E-state index contributed by atoms with van der Waals surface area (Å²) in [5, 5.41) is 25.1. The van der Waals surface area contributed by atoms with Crippen molar-refractivity contribution in [1.82, 2.24) is 0 Å². The number of hydrogen-bond donors (Lipinski definition) is 5. The number of halogens is 1. The fourth-order valence-electron chi connectivity index (χ4n) is 0.515. The predicted octanol–water partition coefficient (Wildman–Crippen LogP) is -7.62. The quantitative estimate of drug-likeness (QED) is 0.245. The maximum absolute atomic E-state index is 10.2. The van der Waals surface area contributed by atoms with Crippen molar-refractivity contribution in [2.24, 2.45) is 0 Å². The third kappa shape index (κ3) is 11.7. The van der Waals surface area contributed by atoms with Crippen LogP contribution in [0.15, 0.2) is 0 Å². The second-order valence-corrected chi connectivity index (χ2v) is 3.33. The van der Waals surface area contributed by atoms with Gasteiger partial charge in [-0.1, -0.05) is 0 Å². The van der Waals surface area contributed by atoms with E-state index in [-0.39, 0.29) is 66.7 Å². The number of phosphoric ester groups is 1. The molecule has 17 heavy (non-hydrogen) atoms. The van der Waals surface area contributed by atoms with Crippen LogP contribution in [0.1, 0.15) is 2.85 Å². The summed E-state index contributed by atoms with van der Waals surface area (Å²) in [7, 11) is -5.17. The number of aliphatic carboxylic acids is 2. The minimum atomic E-state index is -5.17. The molecule has 94 valence electrons. The normalized spacial score (nSPS) is 13.1. The molecule has 0 aliphatic rings. The predicted molar refractivity (Wildman–Crippen MR) is 42.9 cm³/mol. The third-order valence-electron chi connectivity index (χ3n) is 1.03. The van der Waals surface area contributed by atoms with Crippen LogP contribution in [0.5, 0.6) is 0 Å². The Balaban J connectivity index is -0.0000000845. The van der Waals surface area contributed by atoms with Gasteiger partial charge in [0, 0.05) is 0 Å². The van der Waals surface area contributed by atoms with Crippen molar-refractivity contribution < 1.29 is 110 Å². The molecule has 0 aliphatic heterocycles. The zero-order valence-corrected chi connectivity index (χ0v) is 13.8. The zero-order valence-electron chi connectivity index (χ0n) is 10.9. The average Bonchev–Trinajstić information content (AvgIpc) is 1.96. The summed E-state index contributed by atoms with van der Waals surface area (Å²) in [5.41, 5.74) is 0. The second kappa shape index (κ2) is 10.8. The van der Waals surface area contributed by atoms with Crippen molar-refractivity contribution in [2.75, 3.05) is 0 Å². The van der Waals surface area contributed by atoms with E-state index in [1.54, 1.807) is 0 Å². The molecular weight excluding hydrogens is 288 g/mol. The maximum atomic E-state index is 10.2. The zero-order chi connectivity index (χ0) is 11.5. The van der Waals surface area contributed by atoms with Gasteiger partial charge in [-0.2, -0.15) is 0 Å². The minimum absolute atomic E-state index is 0. The standard InChI is InChI=1S/C4H7O9P.FH.2Na.2H/c5-1(3(6)7)2(4(8)9)13-14(10,11)12;;;;;/h1-2,5H,(H,6,7)(H,8,9)(H2,10,11,12);1H;;;;/q;;2*+1;2*-1. The van der Waals surface area contributed by atoms with Gasteiger partial charge in [-0.3, -0.25) is 9.23 Å². The van der Waals surface area contributed by atoms with E-state index in [0.29, 0.717) is 0 Å². The Kier molecular flexibility index (Phi) is 16.9. The Morgan fingerprint density at radius 1 is 1.12 bits per heavy atom. The number of carboxylic acid groups (broad SMARTS) is 2. The van der Waals surface area contributed by atoms with Crippen LogP contribution in [0.2, 0.25) is 0 Å². The Hall–Kier alpha value is 0.940. The first-order chi connectivity index (χ1) is 6.15. The van der Waals surface area contributed by atoms with Gasteiger partial charge in [-0.25, -0.2) is 14.2 Å². The Morgan fingerprint density at radius 2 is 1.47 bits per heavy atom. The summed E-state index contributed by atoms with van der Waals surface area (Å²) in [6.07, 6.45) is -5.08. The molecule has 0 aromatic rings. The summed E-state index contributed by atoms with van der Waals surface area (Å²) in [6, 6.07) is 0. The van der Waals surface area contributed by atoms with Crippen LogP contribution in [-0.4, -0.2) is 49.3 Å². The van der Waals surface area contributed by atoms with Gasteiger partial charge in [0.1, 0.15) is 0 Å². The second-order valence-electron chi connectivity index (χ2n) is 2.14. The Bertz CT molecular complexity index is 302. The van der Waals surface area contributed by atoms with E-state index in [1.807, 2.05) is 0 Å². The van der Waals surface area contributed by atoms with Gasteiger partial charge in [0.2, 0.25) is 6.10 Å². The van der Waals surface area contributed by atoms with Crippen LogP contribution in [0.25, 0.3) is 0 Å². The summed E-state index contributed by atoms with van der Waals surface area (Å²) in [6.45, 7) is 0. The molecule has 0 aliphatic carbocycles. The van der Waals surface area contributed by atoms with E-state index in [9.17, 15) is 14.2 Å². The smallest absolute Gasteiger partial charge is 1.00 e. The molecular formula is C4H10FNa2O9P. The van der Waals surface area contributed by atoms with Crippen LogP contribution < -0.4 is 59.1 Å². The largest absolute Gasteiger partial charge is 1.00 e. The molecule has 0 amide bonds. The Morgan fingerprint density at radius 3 is 1.65 bits per heavy atom. The van der Waals surface area contributed by atoms with E-state index >= 15 is 0 Å². The first-order valence-corrected chi connectivity index (χ1v) is 4.56. The number of hydrogen-bond acceptors (Lipinski definition) is 5. The monoisotopic (exact) mass is 298 g/mol. The molecule has 0 aromatic heterocycles. The van der Waals surface area contributed by atoms with Gasteiger partial charge >= 0.3 is 78.9 Å². The van der Waals surface area contributed by atoms with Crippen molar-refractivity contribution >= 4 is 19.8 Å². The molecule has 5 N–H and O–H groups in total. The maximum Gasteiger partial charge on any atom is 1.00 e. The van der Waals surface area contributed by atoms with Crippen molar-refractivity contribution in [3.05, 3.63) is 0 Å². The van der Waals surface area contributed by atoms with Crippen LogP contribution in [0, 0.1) is 0 Å². The van der Waals surface area contributed by atoms with E-state index in [4.69, 9.17) is 25.1 Å². The van der Waals surface area contributed by atoms with E-state index in [1.165, 1.54) is 0 Å². The molecule has 0 saturated carbocycles. The molecule has 0 heterocycles. The topological polar surface area (TPSA) is 162 Å². The van der Waals surface area contributed by atoms with Crippen molar-refractivity contribution in [3.63, 3.8) is 0 Å². The molecule has 0 bridgehead atoms. The summed E-state index contributed by atoms with van der Waals surface area (Å²) >= 11 is 0. The van der Waals surface area contributed by atoms with Gasteiger partial charge in [0.25, 0.3) is 0 Å². The third-order valence-corrected chi connectivity index (χ3v) is 1.54. The number of carbonyl (C=O) groups is 2. The van der Waals surface area contributed by atoms with Gasteiger partial charge < -0.3 is 28.0 Å². The minimum Gasteiger partial charge on any atom is -1.00 e. The number of phosphoric acid groups is 1. The molecule has 0 radical (unpaired) electrons. The summed E-state index contributed by atoms with van der Waals surface area (Å²) < 4.78 is 13.7. The molecule has 0 spiro atoms. The number of aliphatic hydroxyl groups is 1. The first kappa shape index (κ1) is 26.5. The number of rotatable bonds is 5. The van der Waals surface area contributed by atoms with Crippen LogP contribution in [0.4, 0.5) is 4.70 Å². The van der Waals surface area contributed by atoms with Crippen molar-refractivity contribution in [1.29, 1.82) is 0 Å². The van der Waals surface area contributed by atoms with Crippen molar-refractivity contribution in [2.45, 2.75) is 12.2 Å². The van der Waals surface area contributed by atoms with Gasteiger partial charge in [-0.15, -0.1) is 0 Å². The molecule has 9 nitrogen and oxygen atoms in total. The molecule has 0 saturated heterocycles. The molecule has 13 heteroatoms. The number of aliphatic hydroxyl groups excluding tert-OH is 1. The number of carboxylic acids is 2. The first-order valence-electron chi connectivity index (χ1n) is 3.03. The molecule has 0 rings (SSSR count). The SMILES string of the molecule is F.O=C(O)C(O)C(OP(=O)(O)O)C(=O)O.[H-].[H-].[Na+].[Na+]. The molecule has 2 atom stereocenters. The fourth-order valence-corrected chi connectivity index (χ4v) is 1.02. The van der Waals surface area contributed by atoms with Gasteiger partial charge in [-0.05, 0) is 0 Å². The summed E-state index contributed by atoms with van der Waals surface area (Å²) in [4.78, 5) is 36.7. The van der Waals surface area contributed by atoms with E-state index < -0.39 is 32.0 Å². The van der Waals surface area contributed by atoms with Gasteiger partial charge in [0.15, 0.2) is 6.10 Å². The van der Waals surface area contributed by atoms with E-state index in [2.05, 4.69) is 4.52 Å². The average molecular weight is 298 g/mol. The van der Waals surface area contributed by atoms with Crippen LogP contribution in [0.3, 0.4) is 0 Å². The Labute approximate surface area is 141 Å². The fraction of sp³-hybridized carbons (Fsp3) is 0.500. The van der Waals surface area contributed by atoms with E-state index in [0.717, 1.165) is 0 Å². The summed E-state index contributed by atoms with van der Waals surface area (Å²) in [5.74, 6) is -3.96. The molecule has 0 fully saturated rings. The van der Waals surface area contributed by atoms with Crippen molar-refractivity contribution in [3.8, 4) is 0 Å². The molecule has 2 unspecified atom stereocenters. The van der Waals surface area contributed by atoms with Crippen LogP contribution in [-0.2, 0) is 18.7 Å². The molecule has 0 aromatic carbocycles. The van der Waals surface area contributed by atoms with Gasteiger partial charge in [0.05, 0.1) is 0 Å².